The Hall–Kier alpha value is -1.01. The van der Waals surface area contributed by atoms with Crippen molar-refractivity contribution in [2.24, 2.45) is 5.92 Å². The minimum absolute atomic E-state index is 0.0888. The lowest BCUT2D eigenvalue weighted by Gasteiger charge is -2.02. The molecule has 2 rings (SSSR count). The number of hydrogen-bond donors (Lipinski definition) is 2. The Morgan fingerprint density at radius 1 is 1.64 bits per heavy atom. The molecule has 0 amide bonds. The van der Waals surface area contributed by atoms with Gasteiger partial charge in [0.1, 0.15) is 5.01 Å². The van der Waals surface area contributed by atoms with Crippen LogP contribution < -0.4 is 5.32 Å². The van der Waals surface area contributed by atoms with Gasteiger partial charge in [-0.1, -0.05) is 11.3 Å². The van der Waals surface area contributed by atoms with Gasteiger partial charge >= 0.3 is 5.97 Å². The van der Waals surface area contributed by atoms with E-state index in [9.17, 15) is 4.79 Å². The van der Waals surface area contributed by atoms with Crippen molar-refractivity contribution in [3.05, 3.63) is 10.0 Å². The molecule has 0 aliphatic carbocycles. The average molecular weight is 213 g/mol. The summed E-state index contributed by atoms with van der Waals surface area (Å²) >= 11 is 1.18. The summed E-state index contributed by atoms with van der Waals surface area (Å²) in [5, 5.41) is 20.3. The van der Waals surface area contributed by atoms with Crippen LogP contribution in [0.2, 0.25) is 0 Å². The Balaban J connectivity index is 1.98. The Kier molecular flexibility index (Phi) is 2.74. The monoisotopic (exact) mass is 213 g/mol. The van der Waals surface area contributed by atoms with Gasteiger partial charge < -0.3 is 10.4 Å². The van der Waals surface area contributed by atoms with E-state index in [1.165, 1.54) is 11.3 Å². The summed E-state index contributed by atoms with van der Waals surface area (Å²) in [6.45, 7) is 2.05. The number of nitrogens with one attached hydrogen (secondary N) is 1. The Labute approximate surface area is 85.2 Å². The van der Waals surface area contributed by atoms with Gasteiger partial charge in [0, 0.05) is 6.42 Å². The number of nitrogens with zero attached hydrogens (tertiary/aromatic N) is 2. The summed E-state index contributed by atoms with van der Waals surface area (Å²) in [4.78, 5) is 10.5. The van der Waals surface area contributed by atoms with Crippen molar-refractivity contribution in [3.63, 3.8) is 0 Å². The summed E-state index contributed by atoms with van der Waals surface area (Å²) in [6, 6.07) is 0. The minimum atomic E-state index is -0.988. The first kappa shape index (κ1) is 9.54. The zero-order valence-corrected chi connectivity index (χ0v) is 8.38. The number of carboxylic acid groups (broad SMARTS) is 1. The molecule has 5 nitrogen and oxygen atoms in total. The lowest BCUT2D eigenvalue weighted by Crippen LogP contribution is -2.10. The van der Waals surface area contributed by atoms with Gasteiger partial charge in [0.05, 0.1) is 0 Å². The third kappa shape index (κ3) is 2.08. The van der Waals surface area contributed by atoms with E-state index < -0.39 is 5.97 Å². The van der Waals surface area contributed by atoms with Crippen LogP contribution in [0.1, 0.15) is 21.2 Å². The average Bonchev–Trinajstić information content (AvgIpc) is 2.75. The maximum Gasteiger partial charge on any atom is 0.367 e. The van der Waals surface area contributed by atoms with E-state index in [-0.39, 0.29) is 5.01 Å². The lowest BCUT2D eigenvalue weighted by atomic mass is 10.1. The van der Waals surface area contributed by atoms with Crippen LogP contribution in [0.3, 0.4) is 0 Å². The van der Waals surface area contributed by atoms with Gasteiger partial charge in [0.15, 0.2) is 0 Å². The molecule has 2 N–H and O–H groups in total. The molecule has 1 aliphatic heterocycles. The first-order chi connectivity index (χ1) is 6.75. The van der Waals surface area contributed by atoms with Gasteiger partial charge in [-0.15, -0.1) is 10.2 Å². The Morgan fingerprint density at radius 2 is 2.50 bits per heavy atom. The SMILES string of the molecule is O=C(O)c1nnc(CC2CCNC2)s1. The third-order valence-corrected chi connectivity index (χ3v) is 3.21. The van der Waals surface area contributed by atoms with Crippen molar-refractivity contribution in [2.45, 2.75) is 12.8 Å². The number of rotatable bonds is 3. The van der Waals surface area contributed by atoms with E-state index >= 15 is 0 Å². The predicted molar refractivity (Wildman–Crippen MR) is 51.5 cm³/mol. The Bertz CT molecular complexity index is 333. The fraction of sp³-hybridized carbons (Fsp3) is 0.625. The van der Waals surface area contributed by atoms with Crippen LogP contribution in [0, 0.1) is 5.92 Å². The topological polar surface area (TPSA) is 75.1 Å². The fourth-order valence-corrected chi connectivity index (χ4v) is 2.35. The highest BCUT2D eigenvalue weighted by atomic mass is 32.1. The first-order valence-electron chi connectivity index (χ1n) is 4.52. The van der Waals surface area contributed by atoms with E-state index in [2.05, 4.69) is 15.5 Å². The molecule has 76 valence electrons. The minimum Gasteiger partial charge on any atom is -0.476 e. The molecule has 1 aromatic rings. The second kappa shape index (κ2) is 4.02. The van der Waals surface area contributed by atoms with Gasteiger partial charge in [-0.05, 0) is 25.4 Å². The van der Waals surface area contributed by atoms with Crippen molar-refractivity contribution in [2.75, 3.05) is 13.1 Å². The number of aromatic carboxylic acids is 1. The molecule has 0 saturated carbocycles. The Morgan fingerprint density at radius 3 is 3.07 bits per heavy atom. The summed E-state index contributed by atoms with van der Waals surface area (Å²) in [5.41, 5.74) is 0. The van der Waals surface area contributed by atoms with Gasteiger partial charge in [-0.3, -0.25) is 0 Å². The summed E-state index contributed by atoms with van der Waals surface area (Å²) in [5.74, 6) is -0.400. The predicted octanol–water partition coefficient (Wildman–Crippen LogP) is 0.388. The molecular formula is C8H11N3O2S. The highest BCUT2D eigenvalue weighted by Crippen LogP contribution is 2.18. The van der Waals surface area contributed by atoms with Gasteiger partial charge in [0.2, 0.25) is 5.01 Å². The van der Waals surface area contributed by atoms with E-state index in [1.54, 1.807) is 0 Å². The molecule has 0 bridgehead atoms. The fourth-order valence-electron chi connectivity index (χ4n) is 1.56. The van der Waals surface area contributed by atoms with E-state index in [0.29, 0.717) is 5.92 Å². The van der Waals surface area contributed by atoms with E-state index in [0.717, 1.165) is 30.9 Å². The molecule has 1 unspecified atom stereocenters. The highest BCUT2D eigenvalue weighted by Gasteiger charge is 2.18. The van der Waals surface area contributed by atoms with Crippen molar-refractivity contribution in [3.8, 4) is 0 Å². The van der Waals surface area contributed by atoms with Crippen molar-refractivity contribution in [1.29, 1.82) is 0 Å². The molecule has 1 atom stereocenters. The number of carbonyl (C=O) groups is 1. The van der Waals surface area contributed by atoms with Crippen LogP contribution in [0.5, 0.6) is 0 Å². The van der Waals surface area contributed by atoms with Crippen LogP contribution in [0.25, 0.3) is 0 Å². The molecule has 1 aliphatic rings. The first-order valence-corrected chi connectivity index (χ1v) is 5.34. The molecule has 6 heteroatoms. The normalized spacial score (nSPS) is 21.3. The zero-order valence-electron chi connectivity index (χ0n) is 7.56. The van der Waals surface area contributed by atoms with Crippen LogP contribution in [-0.2, 0) is 6.42 Å². The third-order valence-electron chi connectivity index (χ3n) is 2.28. The largest absolute Gasteiger partial charge is 0.476 e. The maximum absolute atomic E-state index is 10.5. The second-order valence-electron chi connectivity index (χ2n) is 3.37. The van der Waals surface area contributed by atoms with Crippen LogP contribution >= 0.6 is 11.3 Å². The standard InChI is InChI=1S/C8H11N3O2S/c12-8(13)7-11-10-6(14-7)3-5-1-2-9-4-5/h5,9H,1-4H2,(H,12,13). The molecule has 0 aromatic carbocycles. The van der Waals surface area contributed by atoms with Gasteiger partial charge in [0.25, 0.3) is 0 Å². The molecule has 1 aromatic heterocycles. The van der Waals surface area contributed by atoms with Crippen LogP contribution in [0.15, 0.2) is 0 Å². The van der Waals surface area contributed by atoms with Crippen LogP contribution in [0.4, 0.5) is 0 Å². The van der Waals surface area contributed by atoms with Gasteiger partial charge in [-0.2, -0.15) is 0 Å². The molecule has 2 heterocycles. The van der Waals surface area contributed by atoms with E-state index in [1.807, 2.05) is 0 Å². The molecule has 1 fully saturated rings. The molecular weight excluding hydrogens is 202 g/mol. The van der Waals surface area contributed by atoms with E-state index in [4.69, 9.17) is 5.11 Å². The molecule has 0 spiro atoms. The van der Waals surface area contributed by atoms with Gasteiger partial charge in [-0.25, -0.2) is 4.79 Å². The number of hydrogen-bond acceptors (Lipinski definition) is 5. The molecule has 1 saturated heterocycles. The summed E-state index contributed by atoms with van der Waals surface area (Å²) in [7, 11) is 0. The van der Waals surface area contributed by atoms with Crippen molar-refractivity contribution >= 4 is 17.3 Å². The summed E-state index contributed by atoms with van der Waals surface area (Å²) < 4.78 is 0. The lowest BCUT2D eigenvalue weighted by molar-refractivity contribution is 0.0695. The number of carboxylic acids is 1. The smallest absolute Gasteiger partial charge is 0.367 e. The molecule has 14 heavy (non-hydrogen) atoms. The quantitative estimate of drug-likeness (QED) is 0.759. The molecule has 0 radical (unpaired) electrons. The van der Waals surface area contributed by atoms with Crippen LogP contribution in [-0.4, -0.2) is 34.4 Å². The second-order valence-corrected chi connectivity index (χ2v) is 4.43. The number of aromatic nitrogens is 2. The zero-order chi connectivity index (χ0) is 9.97. The maximum atomic E-state index is 10.5. The van der Waals surface area contributed by atoms with Crippen molar-refractivity contribution < 1.29 is 9.90 Å². The summed E-state index contributed by atoms with van der Waals surface area (Å²) in [6.07, 6.45) is 1.99. The highest BCUT2D eigenvalue weighted by molar-refractivity contribution is 7.13. The van der Waals surface area contributed by atoms with Crippen molar-refractivity contribution in [1.82, 2.24) is 15.5 Å².